The van der Waals surface area contributed by atoms with Crippen LogP contribution in [0, 0.1) is 0 Å². The fourth-order valence-electron chi connectivity index (χ4n) is 7.92. The molecule has 0 aliphatic rings. The highest BCUT2D eigenvalue weighted by atomic mass is 16.3. The van der Waals surface area contributed by atoms with Crippen LogP contribution >= 0.6 is 0 Å². The average molecular weight is 690 g/mol. The first kappa shape index (κ1) is 31.6. The van der Waals surface area contributed by atoms with Crippen molar-refractivity contribution >= 4 is 49.8 Å². The Balaban J connectivity index is 1.09. The van der Waals surface area contributed by atoms with Gasteiger partial charge in [-0.1, -0.05) is 164 Å². The van der Waals surface area contributed by atoms with Crippen LogP contribution in [0.2, 0.25) is 0 Å². The highest BCUT2D eigenvalue weighted by Crippen LogP contribution is 2.43. The van der Waals surface area contributed by atoms with Gasteiger partial charge in [0.2, 0.25) is 0 Å². The van der Waals surface area contributed by atoms with Crippen molar-refractivity contribution in [3.63, 3.8) is 0 Å². The quantitative estimate of drug-likeness (QED) is 0.166. The Labute approximate surface area is 314 Å². The minimum Gasteiger partial charge on any atom is -0.456 e. The number of para-hydroxylation sites is 1. The zero-order valence-corrected chi connectivity index (χ0v) is 29.6. The van der Waals surface area contributed by atoms with E-state index in [0.29, 0.717) is 0 Å². The molecule has 0 saturated heterocycles. The molecule has 0 aliphatic heterocycles. The molecule has 2 heteroatoms. The summed E-state index contributed by atoms with van der Waals surface area (Å²) >= 11 is 0. The number of hydrogen-bond acceptors (Lipinski definition) is 2. The first-order valence-electron chi connectivity index (χ1n) is 18.4. The molecule has 0 bridgehead atoms. The molecule has 0 amide bonds. The van der Waals surface area contributed by atoms with Crippen LogP contribution in [0.3, 0.4) is 0 Å². The van der Waals surface area contributed by atoms with Crippen LogP contribution in [0.5, 0.6) is 0 Å². The molecule has 0 saturated carbocycles. The van der Waals surface area contributed by atoms with Gasteiger partial charge < -0.3 is 9.32 Å². The van der Waals surface area contributed by atoms with E-state index >= 15 is 0 Å². The number of nitrogens with zero attached hydrogens (tertiary/aromatic N) is 1. The van der Waals surface area contributed by atoms with Gasteiger partial charge in [0.15, 0.2) is 0 Å². The van der Waals surface area contributed by atoms with Gasteiger partial charge in [-0.05, 0) is 104 Å². The number of furan rings is 1. The second kappa shape index (κ2) is 13.4. The Kier molecular flexibility index (Phi) is 7.85. The van der Waals surface area contributed by atoms with E-state index in [1.807, 2.05) is 12.1 Å². The topological polar surface area (TPSA) is 16.4 Å². The molecule has 0 unspecified atom stereocenters. The van der Waals surface area contributed by atoms with Crippen molar-refractivity contribution in [3.05, 3.63) is 212 Å². The fraction of sp³-hybridized carbons (Fsp3) is 0. The molecule has 0 spiro atoms. The predicted octanol–water partition coefficient (Wildman–Crippen LogP) is 14.9. The van der Waals surface area contributed by atoms with E-state index in [-0.39, 0.29) is 0 Å². The molecule has 0 N–H and O–H groups in total. The third-order valence-electron chi connectivity index (χ3n) is 10.5. The maximum absolute atomic E-state index is 6.22. The van der Waals surface area contributed by atoms with Crippen LogP contribution in [0.1, 0.15) is 0 Å². The molecule has 1 aromatic heterocycles. The van der Waals surface area contributed by atoms with Crippen LogP contribution in [0.4, 0.5) is 17.1 Å². The maximum atomic E-state index is 6.22. The van der Waals surface area contributed by atoms with E-state index in [1.54, 1.807) is 0 Å². The first-order valence-corrected chi connectivity index (χ1v) is 18.4. The molecule has 1 heterocycles. The lowest BCUT2D eigenvalue weighted by Crippen LogP contribution is -2.09. The van der Waals surface area contributed by atoms with E-state index in [2.05, 4.69) is 205 Å². The summed E-state index contributed by atoms with van der Waals surface area (Å²) in [5.74, 6) is 0. The van der Waals surface area contributed by atoms with Crippen molar-refractivity contribution in [1.82, 2.24) is 0 Å². The molecule has 2 nitrogen and oxygen atoms in total. The lowest BCUT2D eigenvalue weighted by atomic mass is 9.87. The van der Waals surface area contributed by atoms with Crippen LogP contribution in [0.25, 0.3) is 77.2 Å². The third kappa shape index (κ3) is 5.62. The highest BCUT2D eigenvalue weighted by Gasteiger charge is 2.18. The standard InChI is InChI=1S/C52H35NO/c1-2-15-37(16-3-1)43-18-6-8-20-45(43)47-22-10-11-23-48(47)46-21-9-7-19-44(46)38-27-29-40(30-28-38)53(41-31-26-36-14-4-5-17-39(36)34-41)42-32-33-52-50(35-42)49-24-12-13-25-51(49)54-52/h1-35H. The number of benzene rings is 9. The summed E-state index contributed by atoms with van der Waals surface area (Å²) in [4.78, 5) is 2.35. The van der Waals surface area contributed by atoms with Crippen LogP contribution in [-0.4, -0.2) is 0 Å². The van der Waals surface area contributed by atoms with Gasteiger partial charge in [-0.3, -0.25) is 0 Å². The van der Waals surface area contributed by atoms with Gasteiger partial charge in [0.05, 0.1) is 0 Å². The van der Waals surface area contributed by atoms with Gasteiger partial charge >= 0.3 is 0 Å². The largest absolute Gasteiger partial charge is 0.456 e. The summed E-state index contributed by atoms with van der Waals surface area (Å²) in [6.07, 6.45) is 0. The Morgan fingerprint density at radius 1 is 0.278 bits per heavy atom. The minimum atomic E-state index is 0.886. The van der Waals surface area contributed by atoms with Gasteiger partial charge in [0, 0.05) is 27.8 Å². The maximum Gasteiger partial charge on any atom is 0.135 e. The molecule has 54 heavy (non-hydrogen) atoms. The van der Waals surface area contributed by atoms with Crippen molar-refractivity contribution in [1.29, 1.82) is 0 Å². The second-order valence-corrected chi connectivity index (χ2v) is 13.7. The van der Waals surface area contributed by atoms with Crippen molar-refractivity contribution in [2.45, 2.75) is 0 Å². The van der Waals surface area contributed by atoms with Crippen LogP contribution in [-0.2, 0) is 0 Å². The molecule has 254 valence electrons. The number of hydrogen-bond donors (Lipinski definition) is 0. The first-order chi connectivity index (χ1) is 26.8. The lowest BCUT2D eigenvalue weighted by molar-refractivity contribution is 0.669. The molecular formula is C52H35NO. The van der Waals surface area contributed by atoms with E-state index in [9.17, 15) is 0 Å². The van der Waals surface area contributed by atoms with Gasteiger partial charge in [-0.25, -0.2) is 0 Å². The van der Waals surface area contributed by atoms with E-state index in [4.69, 9.17) is 4.42 Å². The van der Waals surface area contributed by atoms with E-state index in [0.717, 1.165) is 44.6 Å². The van der Waals surface area contributed by atoms with Crippen molar-refractivity contribution in [2.75, 3.05) is 4.90 Å². The lowest BCUT2D eigenvalue weighted by Gasteiger charge is -2.26. The van der Waals surface area contributed by atoms with E-state index < -0.39 is 0 Å². The number of fused-ring (bicyclic) bond motifs is 4. The Morgan fingerprint density at radius 3 is 1.43 bits per heavy atom. The molecule has 0 radical (unpaired) electrons. The SMILES string of the molecule is c1ccc(-c2ccccc2-c2ccccc2-c2ccccc2-c2ccc(N(c3ccc4ccccc4c3)c3ccc4oc5ccccc5c4c3)cc2)cc1. The summed E-state index contributed by atoms with van der Waals surface area (Å²) in [6.45, 7) is 0. The second-order valence-electron chi connectivity index (χ2n) is 13.7. The smallest absolute Gasteiger partial charge is 0.135 e. The zero-order valence-electron chi connectivity index (χ0n) is 29.6. The number of anilines is 3. The molecule has 0 fully saturated rings. The zero-order chi connectivity index (χ0) is 35.8. The monoisotopic (exact) mass is 689 g/mol. The van der Waals surface area contributed by atoms with Gasteiger partial charge in [0.1, 0.15) is 11.2 Å². The molecule has 9 aromatic carbocycles. The van der Waals surface area contributed by atoms with Crippen LogP contribution in [0.15, 0.2) is 217 Å². The summed E-state index contributed by atoms with van der Waals surface area (Å²) in [6, 6.07) is 76.0. The molecule has 10 aromatic rings. The predicted molar refractivity (Wildman–Crippen MR) is 228 cm³/mol. The summed E-state index contributed by atoms with van der Waals surface area (Å²) in [5.41, 5.74) is 14.7. The molecule has 0 atom stereocenters. The Morgan fingerprint density at radius 2 is 0.741 bits per heavy atom. The third-order valence-corrected chi connectivity index (χ3v) is 10.5. The summed E-state index contributed by atoms with van der Waals surface area (Å²) in [7, 11) is 0. The van der Waals surface area contributed by atoms with Crippen LogP contribution < -0.4 is 4.90 Å². The summed E-state index contributed by atoms with van der Waals surface area (Å²) < 4.78 is 6.22. The average Bonchev–Trinajstić information content (AvgIpc) is 3.62. The highest BCUT2D eigenvalue weighted by molar-refractivity contribution is 6.07. The van der Waals surface area contributed by atoms with Crippen molar-refractivity contribution in [2.24, 2.45) is 0 Å². The molecule has 10 rings (SSSR count). The van der Waals surface area contributed by atoms with Crippen molar-refractivity contribution < 1.29 is 4.42 Å². The Bertz CT molecular complexity index is 2940. The molecular weight excluding hydrogens is 655 g/mol. The summed E-state index contributed by atoms with van der Waals surface area (Å²) in [5, 5.41) is 4.64. The van der Waals surface area contributed by atoms with E-state index in [1.165, 1.54) is 49.7 Å². The normalized spacial score (nSPS) is 11.3. The minimum absolute atomic E-state index is 0.886. The van der Waals surface area contributed by atoms with Gasteiger partial charge in [0.25, 0.3) is 0 Å². The Hall–Kier alpha value is -7.16. The fourth-order valence-corrected chi connectivity index (χ4v) is 7.92. The van der Waals surface area contributed by atoms with Crippen molar-refractivity contribution in [3.8, 4) is 44.5 Å². The van der Waals surface area contributed by atoms with Gasteiger partial charge in [-0.2, -0.15) is 0 Å². The molecule has 0 aliphatic carbocycles. The number of rotatable bonds is 7. The van der Waals surface area contributed by atoms with Gasteiger partial charge in [-0.15, -0.1) is 0 Å².